The second-order valence-electron chi connectivity index (χ2n) is 4.81. The first-order valence-corrected chi connectivity index (χ1v) is 6.28. The molecule has 0 saturated carbocycles. The van der Waals surface area contributed by atoms with Gasteiger partial charge in [0, 0.05) is 12.6 Å². The second kappa shape index (κ2) is 7.20. The molecule has 0 radical (unpaired) electrons. The Morgan fingerprint density at radius 2 is 2.20 bits per heavy atom. The lowest BCUT2D eigenvalue weighted by Gasteiger charge is -2.35. The maximum absolute atomic E-state index is 3.50. The Balaban J connectivity index is 2.29. The lowest BCUT2D eigenvalue weighted by Crippen LogP contribution is -2.43. The van der Waals surface area contributed by atoms with Crippen molar-refractivity contribution in [3.63, 3.8) is 0 Å². The van der Waals surface area contributed by atoms with Crippen LogP contribution in [0.5, 0.6) is 0 Å². The van der Waals surface area contributed by atoms with Crippen molar-refractivity contribution in [3.05, 3.63) is 0 Å². The lowest BCUT2D eigenvalue weighted by atomic mass is 9.88. The molecule has 1 saturated heterocycles. The molecule has 0 bridgehead atoms. The van der Waals surface area contributed by atoms with Crippen molar-refractivity contribution >= 4 is 0 Å². The molecule has 1 aliphatic heterocycles. The normalized spacial score (nSPS) is 25.4. The fourth-order valence-electron chi connectivity index (χ4n) is 2.65. The van der Waals surface area contributed by atoms with Crippen molar-refractivity contribution in [2.45, 2.75) is 31.7 Å². The van der Waals surface area contributed by atoms with E-state index in [0.29, 0.717) is 6.04 Å². The van der Waals surface area contributed by atoms with Gasteiger partial charge in [-0.1, -0.05) is 0 Å². The summed E-state index contributed by atoms with van der Waals surface area (Å²) in [6, 6.07) is 0.709. The van der Waals surface area contributed by atoms with E-state index in [1.165, 1.54) is 38.8 Å². The highest BCUT2D eigenvalue weighted by Crippen LogP contribution is 2.21. The smallest absolute Gasteiger partial charge is 0.0105 e. The van der Waals surface area contributed by atoms with E-state index in [-0.39, 0.29) is 0 Å². The van der Waals surface area contributed by atoms with Crippen LogP contribution in [0.2, 0.25) is 0 Å². The summed E-state index contributed by atoms with van der Waals surface area (Å²) < 4.78 is 0. The number of likely N-dealkylation sites (tertiary alicyclic amines) is 1. The van der Waals surface area contributed by atoms with Crippen molar-refractivity contribution in [2.75, 3.05) is 40.8 Å². The van der Waals surface area contributed by atoms with Crippen LogP contribution < -0.4 is 10.6 Å². The summed E-state index contributed by atoms with van der Waals surface area (Å²) in [4.78, 5) is 2.47. The number of piperidine rings is 1. The summed E-state index contributed by atoms with van der Waals surface area (Å²) in [5.74, 6) is 0.852. The molecular formula is C12H27N3. The standard InChI is InChI=1S/C12H27N3/c1-13-8-4-7-12(14-2)11-6-5-9-15(3)10-11/h11-14H,4-10H2,1-3H3. The van der Waals surface area contributed by atoms with E-state index < -0.39 is 0 Å². The first-order valence-electron chi connectivity index (χ1n) is 6.28. The minimum absolute atomic E-state index is 0.709. The maximum Gasteiger partial charge on any atom is 0.0105 e. The molecule has 1 rings (SSSR count). The van der Waals surface area contributed by atoms with Gasteiger partial charge in [0.15, 0.2) is 0 Å². The molecule has 3 nitrogen and oxygen atoms in total. The fraction of sp³-hybridized carbons (Fsp3) is 1.00. The molecule has 2 N–H and O–H groups in total. The third-order valence-corrected chi connectivity index (χ3v) is 3.54. The predicted molar refractivity (Wildman–Crippen MR) is 66.2 cm³/mol. The Morgan fingerprint density at radius 1 is 1.40 bits per heavy atom. The Bertz CT molecular complexity index is 161. The van der Waals surface area contributed by atoms with Crippen LogP contribution in [-0.2, 0) is 0 Å². The molecule has 0 aliphatic carbocycles. The molecular weight excluding hydrogens is 186 g/mol. The van der Waals surface area contributed by atoms with Crippen molar-refractivity contribution in [2.24, 2.45) is 5.92 Å². The molecule has 1 aliphatic rings. The van der Waals surface area contributed by atoms with Crippen LogP contribution in [0.3, 0.4) is 0 Å². The Hall–Kier alpha value is -0.120. The first-order chi connectivity index (χ1) is 7.27. The fourth-order valence-corrected chi connectivity index (χ4v) is 2.65. The van der Waals surface area contributed by atoms with Crippen LogP contribution in [0.15, 0.2) is 0 Å². The first kappa shape index (κ1) is 12.9. The van der Waals surface area contributed by atoms with Crippen molar-refractivity contribution in [1.29, 1.82) is 0 Å². The van der Waals surface area contributed by atoms with E-state index >= 15 is 0 Å². The average Bonchev–Trinajstić information content (AvgIpc) is 2.24. The van der Waals surface area contributed by atoms with Crippen LogP contribution in [-0.4, -0.2) is 51.7 Å². The van der Waals surface area contributed by atoms with Gasteiger partial charge in [-0.05, 0) is 65.8 Å². The van der Waals surface area contributed by atoms with Crippen LogP contribution in [0.25, 0.3) is 0 Å². The van der Waals surface area contributed by atoms with E-state index in [1.54, 1.807) is 0 Å². The highest BCUT2D eigenvalue weighted by atomic mass is 15.1. The Kier molecular flexibility index (Phi) is 6.22. The quantitative estimate of drug-likeness (QED) is 0.642. The molecule has 15 heavy (non-hydrogen) atoms. The highest BCUT2D eigenvalue weighted by Gasteiger charge is 2.24. The van der Waals surface area contributed by atoms with Crippen LogP contribution >= 0.6 is 0 Å². The third kappa shape index (κ3) is 4.49. The summed E-state index contributed by atoms with van der Waals surface area (Å²) >= 11 is 0. The monoisotopic (exact) mass is 213 g/mol. The van der Waals surface area contributed by atoms with Crippen molar-refractivity contribution in [1.82, 2.24) is 15.5 Å². The molecule has 0 aromatic heterocycles. The van der Waals surface area contributed by atoms with E-state index in [1.807, 2.05) is 7.05 Å². The Morgan fingerprint density at radius 3 is 2.80 bits per heavy atom. The number of hydrogen-bond acceptors (Lipinski definition) is 3. The molecule has 3 heteroatoms. The molecule has 1 heterocycles. The van der Waals surface area contributed by atoms with Gasteiger partial charge in [-0.15, -0.1) is 0 Å². The molecule has 2 unspecified atom stereocenters. The zero-order valence-electron chi connectivity index (χ0n) is 10.6. The van der Waals surface area contributed by atoms with Crippen LogP contribution in [0.1, 0.15) is 25.7 Å². The molecule has 90 valence electrons. The van der Waals surface area contributed by atoms with Gasteiger partial charge < -0.3 is 15.5 Å². The maximum atomic E-state index is 3.50. The van der Waals surface area contributed by atoms with E-state index in [0.717, 1.165) is 12.5 Å². The van der Waals surface area contributed by atoms with Crippen molar-refractivity contribution < 1.29 is 0 Å². The van der Waals surface area contributed by atoms with Gasteiger partial charge in [0.2, 0.25) is 0 Å². The SMILES string of the molecule is CNCCCC(NC)C1CCCN(C)C1. The summed E-state index contributed by atoms with van der Waals surface area (Å²) in [5.41, 5.74) is 0. The number of nitrogens with zero attached hydrogens (tertiary/aromatic N) is 1. The molecule has 0 amide bonds. The topological polar surface area (TPSA) is 27.3 Å². The summed E-state index contributed by atoms with van der Waals surface area (Å²) in [6.07, 6.45) is 5.35. The van der Waals surface area contributed by atoms with E-state index in [9.17, 15) is 0 Å². The molecule has 0 spiro atoms. The van der Waals surface area contributed by atoms with E-state index in [4.69, 9.17) is 0 Å². The van der Waals surface area contributed by atoms with Crippen LogP contribution in [0.4, 0.5) is 0 Å². The largest absolute Gasteiger partial charge is 0.320 e. The minimum atomic E-state index is 0.709. The van der Waals surface area contributed by atoms with E-state index in [2.05, 4.69) is 29.6 Å². The lowest BCUT2D eigenvalue weighted by molar-refractivity contribution is 0.171. The second-order valence-corrected chi connectivity index (χ2v) is 4.81. The van der Waals surface area contributed by atoms with Crippen LogP contribution in [0, 0.1) is 5.92 Å². The molecule has 1 fully saturated rings. The summed E-state index contributed by atoms with van der Waals surface area (Å²) in [5, 5.41) is 6.72. The van der Waals surface area contributed by atoms with Gasteiger partial charge in [0.25, 0.3) is 0 Å². The number of nitrogens with one attached hydrogen (secondary N) is 2. The molecule has 0 aromatic rings. The zero-order chi connectivity index (χ0) is 11.1. The molecule has 2 atom stereocenters. The minimum Gasteiger partial charge on any atom is -0.320 e. The average molecular weight is 213 g/mol. The molecule has 0 aromatic carbocycles. The van der Waals surface area contributed by atoms with Gasteiger partial charge in [-0.2, -0.15) is 0 Å². The zero-order valence-corrected chi connectivity index (χ0v) is 10.6. The van der Waals surface area contributed by atoms with Gasteiger partial charge in [-0.25, -0.2) is 0 Å². The predicted octanol–water partition coefficient (Wildman–Crippen LogP) is 0.916. The van der Waals surface area contributed by atoms with Gasteiger partial charge in [-0.3, -0.25) is 0 Å². The summed E-state index contributed by atoms with van der Waals surface area (Å²) in [7, 11) is 6.38. The number of rotatable bonds is 6. The number of hydrogen-bond donors (Lipinski definition) is 2. The highest BCUT2D eigenvalue weighted by molar-refractivity contribution is 4.81. The van der Waals surface area contributed by atoms with Gasteiger partial charge in [0.1, 0.15) is 0 Å². The third-order valence-electron chi connectivity index (χ3n) is 3.54. The van der Waals surface area contributed by atoms with Crippen molar-refractivity contribution in [3.8, 4) is 0 Å². The summed E-state index contributed by atoms with van der Waals surface area (Å²) in [6.45, 7) is 3.69. The Labute approximate surface area is 94.6 Å². The van der Waals surface area contributed by atoms with Gasteiger partial charge >= 0.3 is 0 Å². The van der Waals surface area contributed by atoms with Gasteiger partial charge in [0.05, 0.1) is 0 Å².